The zero-order chi connectivity index (χ0) is 48.7. The molecule has 16 heteroatoms. The van der Waals surface area contributed by atoms with E-state index in [9.17, 15) is 38.7 Å². The smallest absolute Gasteiger partial charge is 0.326 e. The molecule has 63 heavy (non-hydrogen) atoms. The number of nitrogens with two attached hydrogens (primary N) is 1. The van der Waals surface area contributed by atoms with Crippen LogP contribution in [0.5, 0.6) is 0 Å². The normalized spacial score (nSPS) is 16.0. The van der Waals surface area contributed by atoms with Crippen molar-refractivity contribution in [3.63, 3.8) is 0 Å². The molecule has 0 saturated heterocycles. The molecule has 5 amide bonds. The number of nitrogens with one attached hydrogen (secondary N) is 2. The number of allylic oxidation sites excluding steroid dienone is 2. The lowest BCUT2D eigenvalue weighted by atomic mass is 9.84. The first-order valence-corrected chi connectivity index (χ1v) is 22.1. The number of hydrogen-bond acceptors (Lipinski definition) is 9. The highest BCUT2D eigenvalue weighted by atomic mass is 35.5. The minimum atomic E-state index is -1.19. The van der Waals surface area contributed by atoms with Gasteiger partial charge >= 0.3 is 11.9 Å². The van der Waals surface area contributed by atoms with Gasteiger partial charge in [-0.15, -0.1) is 0 Å². The summed E-state index contributed by atoms with van der Waals surface area (Å²) in [5.41, 5.74) is 6.81. The van der Waals surface area contributed by atoms with E-state index in [-0.39, 0.29) is 36.0 Å². The molecule has 0 aromatic heterocycles. The molecule has 1 aromatic carbocycles. The van der Waals surface area contributed by atoms with Gasteiger partial charge < -0.3 is 40.9 Å². The molecule has 1 unspecified atom stereocenters. The van der Waals surface area contributed by atoms with Gasteiger partial charge in [0.15, 0.2) is 0 Å². The molecular weight excluding hydrogens is 828 g/mol. The van der Waals surface area contributed by atoms with Crippen LogP contribution in [-0.4, -0.2) is 125 Å². The molecule has 0 saturated carbocycles. The Morgan fingerprint density at radius 1 is 0.873 bits per heavy atom. The third kappa shape index (κ3) is 17.4. The summed E-state index contributed by atoms with van der Waals surface area (Å²) in [5, 5.41) is 15.4. The fraction of sp³-hybridized carbons (Fsp3) is 0.638. The van der Waals surface area contributed by atoms with Gasteiger partial charge in [0, 0.05) is 38.2 Å². The Morgan fingerprint density at radius 2 is 1.44 bits per heavy atom. The second-order valence-corrected chi connectivity index (χ2v) is 18.5. The first-order chi connectivity index (χ1) is 29.1. The van der Waals surface area contributed by atoms with E-state index in [2.05, 4.69) is 10.6 Å². The minimum absolute atomic E-state index is 0.00656. The van der Waals surface area contributed by atoms with Gasteiger partial charge in [-0.1, -0.05) is 83.8 Å². The van der Waals surface area contributed by atoms with Crippen molar-refractivity contribution in [1.82, 2.24) is 25.3 Å². The number of carbonyl (C=O) groups excluding carboxylic acids is 6. The second kappa shape index (κ2) is 25.5. The Bertz CT molecular complexity index is 1810. The van der Waals surface area contributed by atoms with E-state index in [1.165, 1.54) is 30.8 Å². The van der Waals surface area contributed by atoms with Gasteiger partial charge in [-0.25, -0.2) is 4.79 Å². The number of halogens is 1. The van der Waals surface area contributed by atoms with E-state index >= 15 is 0 Å². The van der Waals surface area contributed by atoms with Crippen LogP contribution in [0.25, 0.3) is 0 Å². The summed E-state index contributed by atoms with van der Waals surface area (Å²) in [6, 6.07) is 2.37. The molecule has 0 radical (unpaired) electrons. The molecule has 8 atom stereocenters. The van der Waals surface area contributed by atoms with E-state index in [0.29, 0.717) is 35.4 Å². The van der Waals surface area contributed by atoms with Crippen molar-refractivity contribution in [2.75, 3.05) is 27.7 Å². The summed E-state index contributed by atoms with van der Waals surface area (Å²) in [4.78, 5) is 97.2. The number of aliphatic carboxylic acids is 1. The standard InChI is InChI=1S/C47H75ClN6O9/c1-16-28(5)39(45(60)61)51-38(55)26-52(13)44(59)37(25-34-20-22-35(48)23-21-34)54(15)43(58)33(10)50-41(56)36(24-27(3)4)53(14)42(57)31(8)19-18-30(7)32(9)40(29(6)17-2)63-46(62)47(11,12)49/h17,19-23,27-28,30,32-33,36-37,39-40H,16,18,24-26,49H2,1-15H3,(H,50,56)(H,51,55)(H,60,61)/b29-17+,31-19+/t28-,30-,32-,33-,36+,37+,39?,40+/m0/s1. The fourth-order valence-electron chi connectivity index (χ4n) is 6.83. The summed E-state index contributed by atoms with van der Waals surface area (Å²) in [6.45, 7) is 21.0. The highest BCUT2D eigenvalue weighted by Gasteiger charge is 2.36. The van der Waals surface area contributed by atoms with E-state index in [0.717, 1.165) is 10.5 Å². The molecule has 5 N–H and O–H groups in total. The maximum absolute atomic E-state index is 14.1. The van der Waals surface area contributed by atoms with Crippen molar-refractivity contribution < 1.29 is 43.4 Å². The van der Waals surface area contributed by atoms with E-state index < -0.39 is 77.9 Å². The highest BCUT2D eigenvalue weighted by Crippen LogP contribution is 2.28. The minimum Gasteiger partial charge on any atom is -0.480 e. The zero-order valence-corrected chi connectivity index (χ0v) is 41.0. The third-order valence-corrected chi connectivity index (χ3v) is 11.9. The number of carboxylic acids is 1. The Hall–Kier alpha value is -4.76. The van der Waals surface area contributed by atoms with E-state index in [1.807, 2.05) is 60.6 Å². The average Bonchev–Trinajstić information content (AvgIpc) is 3.22. The molecule has 0 aliphatic carbocycles. The highest BCUT2D eigenvalue weighted by molar-refractivity contribution is 6.30. The van der Waals surface area contributed by atoms with Crippen LogP contribution in [0.2, 0.25) is 5.02 Å². The summed E-state index contributed by atoms with van der Waals surface area (Å²) in [5.74, 6) is -4.99. The molecule has 1 rings (SSSR count). The van der Waals surface area contributed by atoms with E-state index in [4.69, 9.17) is 22.1 Å². The van der Waals surface area contributed by atoms with Crippen LogP contribution in [0.15, 0.2) is 47.6 Å². The molecule has 0 heterocycles. The van der Waals surface area contributed by atoms with Crippen LogP contribution in [0, 0.1) is 23.7 Å². The Labute approximate surface area is 380 Å². The maximum Gasteiger partial charge on any atom is 0.326 e. The lowest BCUT2D eigenvalue weighted by molar-refractivity contribution is -0.155. The largest absolute Gasteiger partial charge is 0.480 e. The summed E-state index contributed by atoms with van der Waals surface area (Å²) < 4.78 is 5.85. The van der Waals surface area contributed by atoms with Gasteiger partial charge in [0.2, 0.25) is 29.5 Å². The van der Waals surface area contributed by atoms with Crippen molar-refractivity contribution in [2.45, 2.75) is 145 Å². The van der Waals surface area contributed by atoms with Crippen molar-refractivity contribution >= 4 is 53.1 Å². The van der Waals surface area contributed by atoms with Gasteiger partial charge in [-0.2, -0.15) is 0 Å². The third-order valence-electron chi connectivity index (χ3n) is 11.7. The van der Waals surface area contributed by atoms with Crippen molar-refractivity contribution in [2.24, 2.45) is 29.4 Å². The molecule has 0 spiro atoms. The first-order valence-electron chi connectivity index (χ1n) is 21.7. The number of carbonyl (C=O) groups is 7. The number of carboxylic acid groups (broad SMARTS) is 1. The van der Waals surface area contributed by atoms with Gasteiger partial charge in [-0.05, 0) is 101 Å². The number of nitrogens with zero attached hydrogens (tertiary/aromatic N) is 3. The average molecular weight is 904 g/mol. The Kier molecular flexibility index (Phi) is 22.8. The van der Waals surface area contributed by atoms with Gasteiger partial charge in [-0.3, -0.25) is 28.8 Å². The zero-order valence-electron chi connectivity index (χ0n) is 40.2. The predicted octanol–water partition coefficient (Wildman–Crippen LogP) is 5.39. The summed E-state index contributed by atoms with van der Waals surface area (Å²) >= 11 is 6.11. The van der Waals surface area contributed by atoms with E-state index in [1.54, 1.807) is 59.0 Å². The van der Waals surface area contributed by atoms with Crippen LogP contribution < -0.4 is 16.4 Å². The van der Waals surface area contributed by atoms with Crippen LogP contribution >= 0.6 is 11.6 Å². The number of hydrogen-bond donors (Lipinski definition) is 4. The van der Waals surface area contributed by atoms with Crippen molar-refractivity contribution in [3.8, 4) is 0 Å². The van der Waals surface area contributed by atoms with Gasteiger partial charge in [0.05, 0.1) is 6.54 Å². The number of amides is 5. The topological polar surface area (TPSA) is 209 Å². The molecule has 1 aromatic rings. The fourth-order valence-corrected chi connectivity index (χ4v) is 6.96. The Morgan fingerprint density at radius 3 is 1.94 bits per heavy atom. The molecule has 15 nitrogen and oxygen atoms in total. The van der Waals surface area contributed by atoms with Crippen LogP contribution in [-0.2, 0) is 44.7 Å². The second-order valence-electron chi connectivity index (χ2n) is 18.1. The van der Waals surface area contributed by atoms with Gasteiger partial charge in [0.1, 0.15) is 35.8 Å². The SMILES string of the molecule is C/C=C(\C)[C@@H](OC(=O)C(C)(C)N)[C@@H](C)[C@@H](C)C/C=C(\C)C(=O)N(C)[C@H](CC(C)C)C(=O)N[C@@H](C)C(=O)N(C)[C@H](Cc1ccc(Cl)cc1)C(=O)N(C)CC(=O)NC(C(=O)O)[C@@H](C)CC. The van der Waals surface area contributed by atoms with Crippen molar-refractivity contribution in [3.05, 3.63) is 58.1 Å². The van der Waals surface area contributed by atoms with Gasteiger partial charge in [0.25, 0.3) is 0 Å². The van der Waals surface area contributed by atoms with Crippen LogP contribution in [0.4, 0.5) is 0 Å². The molecule has 0 aliphatic heterocycles. The number of benzene rings is 1. The quantitative estimate of drug-likeness (QED) is 0.0591. The maximum atomic E-state index is 14.1. The number of likely N-dealkylation sites (N-methyl/N-ethyl adjacent to an activating group) is 3. The number of esters is 1. The molecule has 0 fully saturated rings. The van der Waals surface area contributed by atoms with Crippen LogP contribution in [0.1, 0.15) is 108 Å². The Balaban J connectivity index is 3.30. The lowest BCUT2D eigenvalue weighted by Crippen LogP contribution is -2.57. The number of rotatable bonds is 24. The lowest BCUT2D eigenvalue weighted by Gasteiger charge is -2.34. The summed E-state index contributed by atoms with van der Waals surface area (Å²) in [7, 11) is 4.37. The monoisotopic (exact) mass is 903 g/mol. The molecule has 0 bridgehead atoms. The molecular formula is C47H75ClN6O9. The molecule has 354 valence electrons. The first kappa shape index (κ1) is 56.3. The molecule has 0 aliphatic rings. The van der Waals surface area contributed by atoms with Crippen molar-refractivity contribution in [1.29, 1.82) is 0 Å². The number of ether oxygens (including phenoxy) is 1. The predicted molar refractivity (Wildman–Crippen MR) is 246 cm³/mol. The summed E-state index contributed by atoms with van der Waals surface area (Å²) in [6.07, 6.45) is 4.53. The van der Waals surface area contributed by atoms with Crippen LogP contribution in [0.3, 0.4) is 0 Å².